The van der Waals surface area contributed by atoms with E-state index in [1.807, 2.05) is 32.0 Å². The normalized spacial score (nSPS) is 21.3. The van der Waals surface area contributed by atoms with Crippen molar-refractivity contribution in [2.75, 3.05) is 24.7 Å². The molecule has 3 rings (SSSR count). The van der Waals surface area contributed by atoms with Gasteiger partial charge in [0.1, 0.15) is 0 Å². The van der Waals surface area contributed by atoms with E-state index in [0.717, 1.165) is 16.8 Å². The van der Waals surface area contributed by atoms with Gasteiger partial charge >= 0.3 is 0 Å². The first-order chi connectivity index (χ1) is 8.19. The minimum absolute atomic E-state index is 0.0990. The molecule has 2 aliphatic heterocycles. The number of nitrogens with zero attached hydrogens (tertiary/aromatic N) is 1. The first-order valence-corrected chi connectivity index (χ1v) is 5.90. The molecule has 17 heavy (non-hydrogen) atoms. The number of fused-ring (bicyclic) bond motifs is 2. The van der Waals surface area contributed by atoms with Crippen LogP contribution in [0.15, 0.2) is 18.2 Å². The SMILES string of the molecule is CCN1C(=O)C2(OCCO2)c2cc(C)ccc21. The van der Waals surface area contributed by atoms with Crippen molar-refractivity contribution in [3.8, 4) is 0 Å². The second-order valence-corrected chi connectivity index (χ2v) is 4.38. The Hall–Kier alpha value is -1.39. The van der Waals surface area contributed by atoms with Crippen LogP contribution in [0.25, 0.3) is 0 Å². The summed E-state index contributed by atoms with van der Waals surface area (Å²) in [5.41, 5.74) is 2.86. The highest BCUT2D eigenvalue weighted by Gasteiger charge is 2.55. The van der Waals surface area contributed by atoms with Crippen LogP contribution in [-0.2, 0) is 20.1 Å². The van der Waals surface area contributed by atoms with Crippen LogP contribution in [-0.4, -0.2) is 25.7 Å². The van der Waals surface area contributed by atoms with Crippen molar-refractivity contribution in [1.29, 1.82) is 0 Å². The van der Waals surface area contributed by atoms with Gasteiger partial charge in [-0.15, -0.1) is 0 Å². The van der Waals surface area contributed by atoms with E-state index in [1.54, 1.807) is 4.90 Å². The molecule has 2 aliphatic rings. The Morgan fingerprint density at radius 2 is 2.06 bits per heavy atom. The molecule has 1 aromatic rings. The van der Waals surface area contributed by atoms with Crippen LogP contribution >= 0.6 is 0 Å². The molecule has 0 atom stereocenters. The predicted octanol–water partition coefficient (Wildman–Crippen LogP) is 1.56. The number of likely N-dealkylation sites (N-methyl/N-ethyl adjacent to an activating group) is 1. The molecule has 0 aromatic heterocycles. The van der Waals surface area contributed by atoms with Gasteiger partial charge in [0, 0.05) is 12.1 Å². The molecule has 1 spiro atoms. The standard InChI is InChI=1S/C13H15NO3/c1-3-14-11-5-4-9(2)8-10(11)13(12(14)15)16-6-7-17-13/h4-5,8H,3,6-7H2,1-2H3. The highest BCUT2D eigenvalue weighted by molar-refractivity contribution is 6.06. The maximum absolute atomic E-state index is 12.4. The smallest absolute Gasteiger partial charge is 0.292 e. The molecular formula is C13H15NO3. The molecule has 2 heterocycles. The molecule has 0 saturated carbocycles. The van der Waals surface area contributed by atoms with Gasteiger partial charge in [-0.2, -0.15) is 0 Å². The van der Waals surface area contributed by atoms with Crippen molar-refractivity contribution in [3.05, 3.63) is 29.3 Å². The number of hydrogen-bond donors (Lipinski definition) is 0. The minimum Gasteiger partial charge on any atom is -0.336 e. The molecule has 0 radical (unpaired) electrons. The van der Waals surface area contributed by atoms with Crippen molar-refractivity contribution >= 4 is 11.6 Å². The highest BCUT2D eigenvalue weighted by Crippen LogP contribution is 2.45. The first kappa shape index (κ1) is 10.7. The van der Waals surface area contributed by atoms with E-state index in [0.29, 0.717) is 19.8 Å². The van der Waals surface area contributed by atoms with Crippen molar-refractivity contribution < 1.29 is 14.3 Å². The van der Waals surface area contributed by atoms with E-state index in [2.05, 4.69) is 0 Å². The fourth-order valence-electron chi connectivity index (χ4n) is 2.56. The van der Waals surface area contributed by atoms with Gasteiger partial charge in [0.2, 0.25) is 0 Å². The summed E-state index contributed by atoms with van der Waals surface area (Å²) in [6.45, 7) is 5.52. The number of carbonyl (C=O) groups is 1. The molecule has 90 valence electrons. The maximum Gasteiger partial charge on any atom is 0.292 e. The fraction of sp³-hybridized carbons (Fsp3) is 0.462. The van der Waals surface area contributed by atoms with Gasteiger partial charge in [-0.3, -0.25) is 4.79 Å². The predicted molar refractivity (Wildman–Crippen MR) is 62.8 cm³/mol. The largest absolute Gasteiger partial charge is 0.336 e. The highest BCUT2D eigenvalue weighted by atomic mass is 16.7. The molecule has 1 aromatic carbocycles. The summed E-state index contributed by atoms with van der Waals surface area (Å²) >= 11 is 0. The molecule has 0 bridgehead atoms. The molecule has 1 saturated heterocycles. The number of rotatable bonds is 1. The van der Waals surface area contributed by atoms with E-state index in [-0.39, 0.29) is 5.91 Å². The zero-order chi connectivity index (χ0) is 12.0. The lowest BCUT2D eigenvalue weighted by atomic mass is 10.0. The van der Waals surface area contributed by atoms with Crippen molar-refractivity contribution in [2.45, 2.75) is 19.6 Å². The molecule has 4 heteroatoms. The van der Waals surface area contributed by atoms with Crippen LogP contribution in [0, 0.1) is 6.92 Å². The number of carbonyl (C=O) groups excluding carboxylic acids is 1. The van der Waals surface area contributed by atoms with Gasteiger partial charge in [-0.25, -0.2) is 0 Å². The molecule has 0 unspecified atom stereocenters. The van der Waals surface area contributed by atoms with Gasteiger partial charge in [-0.05, 0) is 26.0 Å². The lowest BCUT2D eigenvalue weighted by molar-refractivity contribution is -0.180. The van der Waals surface area contributed by atoms with Gasteiger partial charge < -0.3 is 14.4 Å². The van der Waals surface area contributed by atoms with E-state index in [9.17, 15) is 4.79 Å². The van der Waals surface area contributed by atoms with E-state index in [1.165, 1.54) is 0 Å². The minimum atomic E-state index is -1.17. The monoisotopic (exact) mass is 233 g/mol. The quantitative estimate of drug-likeness (QED) is 0.739. The van der Waals surface area contributed by atoms with Gasteiger partial charge in [0.15, 0.2) is 0 Å². The summed E-state index contributed by atoms with van der Waals surface area (Å²) in [5, 5.41) is 0. The molecular weight excluding hydrogens is 218 g/mol. The number of amides is 1. The zero-order valence-electron chi connectivity index (χ0n) is 10.0. The van der Waals surface area contributed by atoms with Gasteiger partial charge in [0.05, 0.1) is 18.9 Å². The van der Waals surface area contributed by atoms with Crippen molar-refractivity contribution in [2.24, 2.45) is 0 Å². The van der Waals surface area contributed by atoms with Crippen LogP contribution in [0.5, 0.6) is 0 Å². The number of hydrogen-bond acceptors (Lipinski definition) is 3. The summed E-state index contributed by atoms with van der Waals surface area (Å²) < 4.78 is 11.2. The van der Waals surface area contributed by atoms with Crippen molar-refractivity contribution in [3.63, 3.8) is 0 Å². The summed E-state index contributed by atoms with van der Waals surface area (Å²) in [6, 6.07) is 5.95. The third-order valence-corrected chi connectivity index (χ3v) is 3.33. The summed E-state index contributed by atoms with van der Waals surface area (Å²) in [5.74, 6) is -1.27. The molecule has 0 N–H and O–H groups in total. The molecule has 1 amide bonds. The summed E-state index contributed by atoms with van der Waals surface area (Å²) in [7, 11) is 0. The Balaban J connectivity index is 2.21. The van der Waals surface area contributed by atoms with Crippen molar-refractivity contribution in [1.82, 2.24) is 0 Å². The second-order valence-electron chi connectivity index (χ2n) is 4.38. The Labute approximate surface area is 100 Å². The third-order valence-electron chi connectivity index (χ3n) is 3.33. The van der Waals surface area contributed by atoms with Crippen LogP contribution in [0.1, 0.15) is 18.1 Å². The fourth-order valence-corrected chi connectivity index (χ4v) is 2.56. The molecule has 4 nitrogen and oxygen atoms in total. The zero-order valence-corrected chi connectivity index (χ0v) is 10.0. The summed E-state index contributed by atoms with van der Waals surface area (Å²) in [6.07, 6.45) is 0. The number of aryl methyl sites for hydroxylation is 1. The number of anilines is 1. The Morgan fingerprint density at radius 3 is 2.71 bits per heavy atom. The molecule has 0 aliphatic carbocycles. The Morgan fingerprint density at radius 1 is 1.35 bits per heavy atom. The molecule has 1 fully saturated rings. The second kappa shape index (κ2) is 3.55. The lowest BCUT2D eigenvalue weighted by Crippen LogP contribution is -2.41. The third kappa shape index (κ3) is 1.28. The van der Waals surface area contributed by atoms with Crippen LogP contribution in [0.2, 0.25) is 0 Å². The Bertz CT molecular complexity index is 478. The summed E-state index contributed by atoms with van der Waals surface area (Å²) in [4.78, 5) is 14.1. The average molecular weight is 233 g/mol. The van der Waals surface area contributed by atoms with Crippen LogP contribution in [0.4, 0.5) is 5.69 Å². The van der Waals surface area contributed by atoms with Crippen LogP contribution < -0.4 is 4.90 Å². The average Bonchev–Trinajstić information content (AvgIpc) is 2.88. The number of ether oxygens (including phenoxy) is 2. The van der Waals surface area contributed by atoms with E-state index >= 15 is 0 Å². The Kier molecular flexibility index (Phi) is 2.24. The maximum atomic E-state index is 12.4. The first-order valence-electron chi connectivity index (χ1n) is 5.90. The van der Waals surface area contributed by atoms with E-state index < -0.39 is 5.79 Å². The topological polar surface area (TPSA) is 38.8 Å². The van der Waals surface area contributed by atoms with Crippen LogP contribution in [0.3, 0.4) is 0 Å². The van der Waals surface area contributed by atoms with E-state index in [4.69, 9.17) is 9.47 Å². The van der Waals surface area contributed by atoms with Gasteiger partial charge in [0.25, 0.3) is 11.7 Å². The lowest BCUT2D eigenvalue weighted by Gasteiger charge is -2.21. The van der Waals surface area contributed by atoms with Gasteiger partial charge in [-0.1, -0.05) is 11.6 Å². The number of benzene rings is 1.